The molecule has 1 aliphatic carbocycles. The van der Waals surface area contributed by atoms with Gasteiger partial charge in [0.05, 0.1) is 23.1 Å². The molecule has 0 aliphatic heterocycles. The van der Waals surface area contributed by atoms with Crippen LogP contribution in [0.2, 0.25) is 0 Å². The molecule has 1 fully saturated rings. The molecule has 1 heterocycles. The Morgan fingerprint density at radius 2 is 1.95 bits per heavy atom. The summed E-state index contributed by atoms with van der Waals surface area (Å²) in [6.07, 6.45) is 3.63. The van der Waals surface area contributed by atoms with Gasteiger partial charge in [-0.3, -0.25) is 4.79 Å². The summed E-state index contributed by atoms with van der Waals surface area (Å²) in [5.74, 6) is 0.696. The third kappa shape index (κ3) is 3.67. The van der Waals surface area contributed by atoms with Crippen molar-refractivity contribution in [3.8, 4) is 0 Å². The minimum atomic E-state index is -0.675. The summed E-state index contributed by atoms with van der Waals surface area (Å²) in [7, 11) is 0. The van der Waals surface area contributed by atoms with Gasteiger partial charge in [0.1, 0.15) is 5.82 Å². The Kier molecular flexibility index (Phi) is 6.01. The first kappa shape index (κ1) is 17.8. The van der Waals surface area contributed by atoms with Crippen molar-refractivity contribution < 1.29 is 4.79 Å². The van der Waals surface area contributed by atoms with Gasteiger partial charge in [-0.25, -0.2) is 4.98 Å². The van der Waals surface area contributed by atoms with E-state index in [-0.39, 0.29) is 30.7 Å². The van der Waals surface area contributed by atoms with Gasteiger partial charge in [0, 0.05) is 0 Å². The molecule has 1 saturated carbocycles. The molecule has 0 unspecified atom stereocenters. The maximum atomic E-state index is 12.1. The fraction of sp³-hybridized carbons (Fsp3) is 0.429. The van der Waals surface area contributed by atoms with Crippen LogP contribution in [0.5, 0.6) is 0 Å². The van der Waals surface area contributed by atoms with Crippen LogP contribution in [0.1, 0.15) is 31.5 Å². The van der Waals surface area contributed by atoms with E-state index in [2.05, 4.69) is 15.3 Å². The van der Waals surface area contributed by atoms with Crippen LogP contribution in [0, 0.1) is 0 Å². The number of nitrogens with two attached hydrogens (primary N) is 1. The lowest BCUT2D eigenvalue weighted by atomic mass is 9.98. The fourth-order valence-corrected chi connectivity index (χ4v) is 2.66. The molecule has 4 N–H and O–H groups in total. The molecule has 2 aromatic rings. The van der Waals surface area contributed by atoms with Crippen molar-refractivity contribution in [3.05, 3.63) is 30.1 Å². The number of H-pyrrole nitrogens is 1. The van der Waals surface area contributed by atoms with E-state index < -0.39 is 5.54 Å². The largest absolute Gasteiger partial charge is 0.347 e. The zero-order chi connectivity index (χ0) is 13.3. The lowest BCUT2D eigenvalue weighted by Gasteiger charge is -2.21. The van der Waals surface area contributed by atoms with Crippen LogP contribution in [0.4, 0.5) is 0 Å². The lowest BCUT2D eigenvalue weighted by Crippen LogP contribution is -2.51. The third-order valence-electron chi connectivity index (χ3n) is 3.80. The smallest absolute Gasteiger partial charge is 0.240 e. The molecule has 0 spiro atoms. The van der Waals surface area contributed by atoms with E-state index in [1.165, 1.54) is 0 Å². The number of fused-ring (bicyclic) bond motifs is 1. The number of hydrogen-bond donors (Lipinski definition) is 3. The maximum Gasteiger partial charge on any atom is 0.240 e. The first-order valence-corrected chi connectivity index (χ1v) is 6.68. The van der Waals surface area contributed by atoms with Crippen molar-refractivity contribution >= 4 is 41.8 Å². The molecular weight excluding hydrogens is 311 g/mol. The van der Waals surface area contributed by atoms with Crippen molar-refractivity contribution in [2.24, 2.45) is 5.73 Å². The summed E-state index contributed by atoms with van der Waals surface area (Å²) in [5.41, 5.74) is 7.32. The van der Waals surface area contributed by atoms with Gasteiger partial charge in [-0.2, -0.15) is 0 Å². The molecule has 1 aliphatic rings. The van der Waals surface area contributed by atoms with E-state index in [0.717, 1.165) is 42.5 Å². The number of hydrogen-bond acceptors (Lipinski definition) is 3. The first-order valence-electron chi connectivity index (χ1n) is 6.68. The molecular formula is C14H20Cl2N4O. The number of aromatic nitrogens is 2. The minimum absolute atomic E-state index is 0. The second-order valence-corrected chi connectivity index (χ2v) is 5.25. The van der Waals surface area contributed by atoms with Gasteiger partial charge in [0.2, 0.25) is 5.91 Å². The third-order valence-corrected chi connectivity index (χ3v) is 3.80. The van der Waals surface area contributed by atoms with Gasteiger partial charge in [0.25, 0.3) is 0 Å². The Balaban J connectivity index is 0.00000110. The van der Waals surface area contributed by atoms with Crippen LogP contribution in [-0.2, 0) is 11.3 Å². The predicted octanol–water partition coefficient (Wildman–Crippen LogP) is 2.29. The van der Waals surface area contributed by atoms with Gasteiger partial charge in [-0.1, -0.05) is 25.0 Å². The number of nitrogens with one attached hydrogen (secondary N) is 2. The van der Waals surface area contributed by atoms with E-state index >= 15 is 0 Å². The van der Waals surface area contributed by atoms with Crippen LogP contribution in [-0.4, -0.2) is 21.4 Å². The average molecular weight is 331 g/mol. The number of rotatable bonds is 3. The van der Waals surface area contributed by atoms with Crippen molar-refractivity contribution in [1.82, 2.24) is 15.3 Å². The molecule has 0 saturated heterocycles. The van der Waals surface area contributed by atoms with Crippen molar-refractivity contribution in [2.45, 2.75) is 37.8 Å². The molecule has 0 bridgehead atoms. The zero-order valence-electron chi connectivity index (χ0n) is 11.6. The highest BCUT2D eigenvalue weighted by atomic mass is 35.5. The monoisotopic (exact) mass is 330 g/mol. The molecule has 0 radical (unpaired) electrons. The second-order valence-electron chi connectivity index (χ2n) is 5.25. The summed E-state index contributed by atoms with van der Waals surface area (Å²) in [4.78, 5) is 19.7. The average Bonchev–Trinajstić information content (AvgIpc) is 3.02. The Labute approximate surface area is 135 Å². The quantitative estimate of drug-likeness (QED) is 0.807. The van der Waals surface area contributed by atoms with Crippen LogP contribution < -0.4 is 11.1 Å². The van der Waals surface area contributed by atoms with Gasteiger partial charge in [-0.05, 0) is 25.0 Å². The SMILES string of the molecule is Cl.Cl.NC1(C(=O)NCc2nc3ccccc3[nH]2)CCCC1. The van der Waals surface area contributed by atoms with Crippen molar-refractivity contribution in [2.75, 3.05) is 0 Å². The molecule has 21 heavy (non-hydrogen) atoms. The van der Waals surface area contributed by atoms with Crippen LogP contribution >= 0.6 is 24.8 Å². The lowest BCUT2D eigenvalue weighted by molar-refractivity contribution is -0.126. The summed E-state index contributed by atoms with van der Waals surface area (Å²) >= 11 is 0. The Hall–Kier alpha value is -1.30. The van der Waals surface area contributed by atoms with Crippen molar-refractivity contribution in [3.63, 3.8) is 0 Å². The van der Waals surface area contributed by atoms with Gasteiger partial charge in [-0.15, -0.1) is 24.8 Å². The standard InChI is InChI=1S/C14H18N4O.2ClH/c15-14(7-3-4-8-14)13(19)16-9-12-17-10-5-1-2-6-11(10)18-12;;/h1-2,5-6H,3-4,7-9,15H2,(H,16,19)(H,17,18);2*1H. The molecule has 1 amide bonds. The maximum absolute atomic E-state index is 12.1. The van der Waals surface area contributed by atoms with E-state index in [0.29, 0.717) is 6.54 Å². The van der Waals surface area contributed by atoms with E-state index in [9.17, 15) is 4.79 Å². The number of amides is 1. The van der Waals surface area contributed by atoms with Crippen LogP contribution in [0.15, 0.2) is 24.3 Å². The highest BCUT2D eigenvalue weighted by Gasteiger charge is 2.36. The van der Waals surface area contributed by atoms with E-state index in [1.54, 1.807) is 0 Å². The van der Waals surface area contributed by atoms with E-state index in [4.69, 9.17) is 5.73 Å². The molecule has 5 nitrogen and oxygen atoms in total. The number of imidazole rings is 1. The number of aromatic amines is 1. The van der Waals surface area contributed by atoms with Gasteiger partial charge >= 0.3 is 0 Å². The normalized spacial score (nSPS) is 16.0. The topological polar surface area (TPSA) is 83.8 Å². The second kappa shape index (κ2) is 7.11. The molecule has 1 aromatic carbocycles. The molecule has 116 valence electrons. The molecule has 1 aromatic heterocycles. The number of halogens is 2. The Bertz CT molecular complexity index is 575. The number of benzene rings is 1. The number of nitrogens with zero attached hydrogens (tertiary/aromatic N) is 1. The Morgan fingerprint density at radius 1 is 1.29 bits per heavy atom. The first-order chi connectivity index (χ1) is 9.17. The fourth-order valence-electron chi connectivity index (χ4n) is 2.66. The highest BCUT2D eigenvalue weighted by Crippen LogP contribution is 2.27. The summed E-state index contributed by atoms with van der Waals surface area (Å²) in [6.45, 7) is 0.395. The molecule has 0 atom stereocenters. The summed E-state index contributed by atoms with van der Waals surface area (Å²) in [6, 6.07) is 7.81. The van der Waals surface area contributed by atoms with Gasteiger partial charge < -0.3 is 16.0 Å². The van der Waals surface area contributed by atoms with Gasteiger partial charge in [0.15, 0.2) is 0 Å². The zero-order valence-corrected chi connectivity index (χ0v) is 13.2. The highest BCUT2D eigenvalue weighted by molar-refractivity contribution is 5.86. The minimum Gasteiger partial charge on any atom is -0.347 e. The Morgan fingerprint density at radius 3 is 2.62 bits per heavy atom. The van der Waals surface area contributed by atoms with Crippen LogP contribution in [0.3, 0.4) is 0 Å². The number of carbonyl (C=O) groups is 1. The van der Waals surface area contributed by atoms with Crippen LogP contribution in [0.25, 0.3) is 11.0 Å². The van der Waals surface area contributed by atoms with E-state index in [1.807, 2.05) is 24.3 Å². The summed E-state index contributed by atoms with van der Waals surface area (Å²) in [5, 5.41) is 2.88. The van der Waals surface area contributed by atoms with Crippen molar-refractivity contribution in [1.29, 1.82) is 0 Å². The predicted molar refractivity (Wildman–Crippen MR) is 87.8 cm³/mol. The molecule has 3 rings (SSSR count). The number of para-hydroxylation sites is 2. The molecule has 7 heteroatoms. The number of carbonyl (C=O) groups excluding carboxylic acids is 1. The summed E-state index contributed by atoms with van der Waals surface area (Å²) < 4.78 is 0.